The van der Waals surface area contributed by atoms with Crippen molar-refractivity contribution in [1.29, 1.82) is 0 Å². The standard InChI is InChI=1S/C17H25N7O/c1-3-18-12-15-13-24(21-20-15)14(2)17(25)23-10-8-22(9-11-23)16-6-4-5-7-19-16/h4-7,13-14,18H,3,8-12H2,1-2H3. The van der Waals surface area contributed by atoms with Crippen LogP contribution in [-0.2, 0) is 11.3 Å². The van der Waals surface area contributed by atoms with Crippen molar-refractivity contribution in [2.24, 2.45) is 0 Å². The van der Waals surface area contributed by atoms with Crippen molar-refractivity contribution in [2.75, 3.05) is 37.6 Å². The normalized spacial score (nSPS) is 16.1. The SMILES string of the molecule is CCNCc1cn(C(C)C(=O)N2CCN(c3ccccn3)CC2)nn1. The molecule has 1 fully saturated rings. The molecule has 1 unspecified atom stereocenters. The van der Waals surface area contributed by atoms with Gasteiger partial charge in [0.15, 0.2) is 0 Å². The van der Waals surface area contributed by atoms with E-state index in [0.29, 0.717) is 19.6 Å². The molecule has 134 valence electrons. The third kappa shape index (κ3) is 4.14. The lowest BCUT2D eigenvalue weighted by atomic mass is 10.2. The maximum atomic E-state index is 12.8. The summed E-state index contributed by atoms with van der Waals surface area (Å²) < 4.78 is 1.65. The molecule has 2 aromatic heterocycles. The third-order valence-electron chi connectivity index (χ3n) is 4.43. The van der Waals surface area contributed by atoms with Crippen LogP contribution in [0.4, 0.5) is 5.82 Å². The molecule has 0 aromatic carbocycles. The molecular formula is C17H25N7O. The number of carbonyl (C=O) groups excluding carboxylic acids is 1. The number of anilines is 1. The van der Waals surface area contributed by atoms with E-state index in [2.05, 4.69) is 25.5 Å². The summed E-state index contributed by atoms with van der Waals surface area (Å²) in [4.78, 5) is 21.2. The monoisotopic (exact) mass is 343 g/mol. The summed E-state index contributed by atoms with van der Waals surface area (Å²) in [5.41, 5.74) is 0.849. The fraction of sp³-hybridized carbons (Fsp3) is 0.529. The van der Waals surface area contributed by atoms with Gasteiger partial charge in [-0.1, -0.05) is 18.2 Å². The molecule has 3 heterocycles. The average molecular weight is 343 g/mol. The molecule has 25 heavy (non-hydrogen) atoms. The van der Waals surface area contributed by atoms with Gasteiger partial charge in [0.1, 0.15) is 11.9 Å². The van der Waals surface area contributed by atoms with Crippen molar-refractivity contribution < 1.29 is 4.79 Å². The van der Waals surface area contributed by atoms with Crippen LogP contribution in [0.25, 0.3) is 0 Å². The Balaban J connectivity index is 1.55. The maximum absolute atomic E-state index is 12.8. The first-order chi connectivity index (χ1) is 12.2. The molecule has 1 amide bonds. The Bertz CT molecular complexity index is 679. The lowest BCUT2D eigenvalue weighted by Crippen LogP contribution is -2.50. The highest BCUT2D eigenvalue weighted by Crippen LogP contribution is 2.15. The maximum Gasteiger partial charge on any atom is 0.247 e. The quantitative estimate of drug-likeness (QED) is 0.831. The summed E-state index contributed by atoms with van der Waals surface area (Å²) >= 11 is 0. The van der Waals surface area contributed by atoms with Crippen LogP contribution in [0, 0.1) is 0 Å². The summed E-state index contributed by atoms with van der Waals surface area (Å²) in [5, 5.41) is 11.4. The zero-order valence-electron chi connectivity index (χ0n) is 14.8. The van der Waals surface area contributed by atoms with Gasteiger partial charge in [0.2, 0.25) is 5.91 Å². The third-order valence-corrected chi connectivity index (χ3v) is 4.43. The molecule has 2 aromatic rings. The fourth-order valence-corrected chi connectivity index (χ4v) is 2.91. The van der Waals surface area contributed by atoms with E-state index in [1.165, 1.54) is 0 Å². The van der Waals surface area contributed by atoms with Crippen molar-refractivity contribution >= 4 is 11.7 Å². The Kier molecular flexibility index (Phi) is 5.60. The number of pyridine rings is 1. The van der Waals surface area contributed by atoms with Crippen molar-refractivity contribution in [1.82, 2.24) is 30.2 Å². The number of carbonyl (C=O) groups is 1. The second kappa shape index (κ2) is 8.06. The van der Waals surface area contributed by atoms with Crippen LogP contribution in [0.3, 0.4) is 0 Å². The molecule has 0 saturated carbocycles. The summed E-state index contributed by atoms with van der Waals surface area (Å²) in [6, 6.07) is 5.55. The minimum atomic E-state index is -0.343. The largest absolute Gasteiger partial charge is 0.353 e. The van der Waals surface area contributed by atoms with E-state index < -0.39 is 0 Å². The van der Waals surface area contributed by atoms with E-state index in [-0.39, 0.29) is 11.9 Å². The lowest BCUT2D eigenvalue weighted by molar-refractivity contribution is -0.134. The van der Waals surface area contributed by atoms with Crippen molar-refractivity contribution in [3.05, 3.63) is 36.3 Å². The van der Waals surface area contributed by atoms with Crippen molar-refractivity contribution in [2.45, 2.75) is 26.4 Å². The number of hydrogen-bond acceptors (Lipinski definition) is 6. The predicted molar refractivity (Wildman–Crippen MR) is 95.1 cm³/mol. The number of nitrogens with zero attached hydrogens (tertiary/aromatic N) is 6. The van der Waals surface area contributed by atoms with E-state index in [1.807, 2.05) is 43.1 Å². The molecule has 1 atom stereocenters. The van der Waals surface area contributed by atoms with Gasteiger partial charge in [-0.15, -0.1) is 5.10 Å². The molecular weight excluding hydrogens is 318 g/mol. The number of hydrogen-bond donors (Lipinski definition) is 1. The molecule has 0 aliphatic carbocycles. The van der Waals surface area contributed by atoms with Crippen LogP contribution in [-0.4, -0.2) is 63.5 Å². The van der Waals surface area contributed by atoms with Crippen LogP contribution >= 0.6 is 0 Å². The summed E-state index contributed by atoms with van der Waals surface area (Å²) in [6.45, 7) is 8.43. The smallest absolute Gasteiger partial charge is 0.247 e. The predicted octanol–water partition coefficient (Wildman–Crippen LogP) is 0.692. The molecule has 1 N–H and O–H groups in total. The number of aromatic nitrogens is 4. The zero-order chi connectivity index (χ0) is 17.6. The van der Waals surface area contributed by atoms with Gasteiger partial charge in [-0.2, -0.15) is 0 Å². The van der Waals surface area contributed by atoms with E-state index in [4.69, 9.17) is 0 Å². The topological polar surface area (TPSA) is 79.2 Å². The van der Waals surface area contributed by atoms with Gasteiger partial charge >= 0.3 is 0 Å². The first-order valence-corrected chi connectivity index (χ1v) is 8.75. The van der Waals surface area contributed by atoms with Crippen molar-refractivity contribution in [3.8, 4) is 0 Å². The van der Waals surface area contributed by atoms with E-state index in [0.717, 1.165) is 31.1 Å². The highest BCUT2D eigenvalue weighted by Gasteiger charge is 2.27. The van der Waals surface area contributed by atoms with Crippen LogP contribution < -0.4 is 10.2 Å². The molecule has 1 saturated heterocycles. The Morgan fingerprint density at radius 1 is 1.28 bits per heavy atom. The summed E-state index contributed by atoms with van der Waals surface area (Å²) in [7, 11) is 0. The molecule has 1 aliphatic rings. The van der Waals surface area contributed by atoms with E-state index in [9.17, 15) is 4.79 Å². The molecule has 8 heteroatoms. The Labute approximate surface area is 147 Å². The zero-order valence-corrected chi connectivity index (χ0v) is 14.8. The second-order valence-corrected chi connectivity index (χ2v) is 6.15. The molecule has 1 aliphatic heterocycles. The Morgan fingerprint density at radius 3 is 2.76 bits per heavy atom. The van der Waals surface area contributed by atoms with Gasteiger partial charge in [0.05, 0.1) is 11.9 Å². The lowest BCUT2D eigenvalue weighted by Gasteiger charge is -2.36. The molecule has 0 spiro atoms. The van der Waals surface area contributed by atoms with Crippen LogP contribution in [0.2, 0.25) is 0 Å². The highest BCUT2D eigenvalue weighted by molar-refractivity contribution is 5.80. The minimum Gasteiger partial charge on any atom is -0.353 e. The van der Waals surface area contributed by atoms with Gasteiger partial charge in [-0.05, 0) is 25.6 Å². The number of nitrogens with one attached hydrogen (secondary N) is 1. The number of rotatable bonds is 6. The second-order valence-electron chi connectivity index (χ2n) is 6.15. The van der Waals surface area contributed by atoms with Crippen LogP contribution in [0.15, 0.2) is 30.6 Å². The molecule has 8 nitrogen and oxygen atoms in total. The van der Waals surface area contributed by atoms with Gasteiger partial charge in [0.25, 0.3) is 0 Å². The van der Waals surface area contributed by atoms with Gasteiger partial charge < -0.3 is 15.1 Å². The van der Waals surface area contributed by atoms with Crippen LogP contribution in [0.5, 0.6) is 0 Å². The van der Waals surface area contributed by atoms with Crippen molar-refractivity contribution in [3.63, 3.8) is 0 Å². The summed E-state index contributed by atoms with van der Waals surface area (Å²) in [5.74, 6) is 1.05. The average Bonchev–Trinajstić information content (AvgIpc) is 3.15. The van der Waals surface area contributed by atoms with Gasteiger partial charge in [-0.3, -0.25) is 4.79 Å². The number of amides is 1. The number of piperazine rings is 1. The molecule has 0 bridgehead atoms. The minimum absolute atomic E-state index is 0.0839. The van der Waals surface area contributed by atoms with E-state index >= 15 is 0 Å². The summed E-state index contributed by atoms with van der Waals surface area (Å²) in [6.07, 6.45) is 3.64. The first-order valence-electron chi connectivity index (χ1n) is 8.75. The first kappa shape index (κ1) is 17.3. The Hall–Kier alpha value is -2.48. The highest BCUT2D eigenvalue weighted by atomic mass is 16.2. The molecule has 0 radical (unpaired) electrons. The van der Waals surface area contributed by atoms with Gasteiger partial charge in [0, 0.05) is 38.9 Å². The van der Waals surface area contributed by atoms with Crippen LogP contribution in [0.1, 0.15) is 25.6 Å². The van der Waals surface area contributed by atoms with E-state index in [1.54, 1.807) is 10.9 Å². The fourth-order valence-electron chi connectivity index (χ4n) is 2.91. The van der Waals surface area contributed by atoms with Gasteiger partial charge in [-0.25, -0.2) is 9.67 Å². The molecule has 3 rings (SSSR count). The Morgan fingerprint density at radius 2 is 2.08 bits per heavy atom.